The summed E-state index contributed by atoms with van der Waals surface area (Å²) in [7, 11) is 0. The summed E-state index contributed by atoms with van der Waals surface area (Å²) >= 11 is 0. The normalized spacial score (nSPS) is 10.2. The van der Waals surface area contributed by atoms with Gasteiger partial charge in [0.1, 0.15) is 11.5 Å². The molecule has 0 aliphatic heterocycles. The number of hydrogen-bond acceptors (Lipinski definition) is 4. The van der Waals surface area contributed by atoms with E-state index in [1.165, 1.54) is 0 Å². The molecule has 0 saturated heterocycles. The lowest BCUT2D eigenvalue weighted by Crippen LogP contribution is -2.30. The van der Waals surface area contributed by atoms with Crippen LogP contribution in [0, 0.1) is 0 Å². The predicted octanol–water partition coefficient (Wildman–Crippen LogP) is 1.62. The summed E-state index contributed by atoms with van der Waals surface area (Å²) < 4.78 is 5.34. The fourth-order valence-corrected chi connectivity index (χ4v) is 1.98. The van der Waals surface area contributed by atoms with Gasteiger partial charge in [0.25, 0.3) is 5.91 Å². The number of hydrogen-bond donors (Lipinski definition) is 3. The van der Waals surface area contributed by atoms with Crippen molar-refractivity contribution in [3.05, 3.63) is 59.7 Å². The zero-order valence-electron chi connectivity index (χ0n) is 12.2. The van der Waals surface area contributed by atoms with Crippen LogP contribution in [0.1, 0.15) is 11.1 Å². The van der Waals surface area contributed by atoms with Gasteiger partial charge in [-0.1, -0.05) is 24.3 Å². The number of benzene rings is 2. The maximum atomic E-state index is 11.7. The molecule has 5 heteroatoms. The number of aromatic hydroxyl groups is 1. The van der Waals surface area contributed by atoms with Crippen molar-refractivity contribution >= 4 is 5.91 Å². The zero-order chi connectivity index (χ0) is 15.8. The summed E-state index contributed by atoms with van der Waals surface area (Å²) in [5.41, 5.74) is 1.42. The van der Waals surface area contributed by atoms with E-state index in [1.807, 2.05) is 18.2 Å². The van der Waals surface area contributed by atoms with Crippen LogP contribution in [0.5, 0.6) is 11.5 Å². The summed E-state index contributed by atoms with van der Waals surface area (Å²) in [6.07, 6.45) is 0.615. The van der Waals surface area contributed by atoms with Crippen molar-refractivity contribution < 1.29 is 19.7 Å². The standard InChI is InChI=1S/C17H19NO4/c19-11-14-10-13(6-7-16(14)20)8-9-18-17(21)12-22-15-4-2-1-3-5-15/h1-7,10,19-20H,8-9,11-12H2,(H,18,21). The molecule has 0 aromatic heterocycles. The Morgan fingerprint density at radius 3 is 2.64 bits per heavy atom. The molecule has 0 aliphatic rings. The van der Waals surface area contributed by atoms with E-state index in [2.05, 4.69) is 5.32 Å². The van der Waals surface area contributed by atoms with E-state index < -0.39 is 0 Å². The second-order valence-corrected chi connectivity index (χ2v) is 4.82. The molecule has 0 aliphatic carbocycles. The Labute approximate surface area is 129 Å². The third-order valence-corrected chi connectivity index (χ3v) is 3.16. The Balaban J connectivity index is 1.73. The molecule has 0 atom stereocenters. The van der Waals surface area contributed by atoms with Crippen molar-refractivity contribution in [3.63, 3.8) is 0 Å². The van der Waals surface area contributed by atoms with Crippen LogP contribution in [0.2, 0.25) is 0 Å². The van der Waals surface area contributed by atoms with Crippen LogP contribution in [0.4, 0.5) is 0 Å². The van der Waals surface area contributed by atoms with Gasteiger partial charge in [-0.15, -0.1) is 0 Å². The second-order valence-electron chi connectivity index (χ2n) is 4.82. The highest BCUT2D eigenvalue weighted by Gasteiger charge is 2.04. The number of para-hydroxylation sites is 1. The van der Waals surface area contributed by atoms with Crippen molar-refractivity contribution in [1.82, 2.24) is 5.32 Å². The summed E-state index contributed by atoms with van der Waals surface area (Å²) in [6.45, 7) is 0.227. The largest absolute Gasteiger partial charge is 0.508 e. The van der Waals surface area contributed by atoms with E-state index in [4.69, 9.17) is 9.84 Å². The smallest absolute Gasteiger partial charge is 0.257 e. The van der Waals surface area contributed by atoms with Gasteiger partial charge in [-0.3, -0.25) is 4.79 Å². The number of amides is 1. The molecule has 0 bridgehead atoms. The molecule has 3 N–H and O–H groups in total. The van der Waals surface area contributed by atoms with Gasteiger partial charge in [0.05, 0.1) is 6.61 Å². The van der Waals surface area contributed by atoms with Crippen LogP contribution in [-0.4, -0.2) is 29.3 Å². The quantitative estimate of drug-likeness (QED) is 0.726. The van der Waals surface area contributed by atoms with E-state index in [1.54, 1.807) is 30.3 Å². The van der Waals surface area contributed by atoms with Crippen LogP contribution in [0.3, 0.4) is 0 Å². The average Bonchev–Trinajstić information content (AvgIpc) is 2.55. The van der Waals surface area contributed by atoms with E-state index in [-0.39, 0.29) is 24.9 Å². The Bertz CT molecular complexity index is 613. The maximum absolute atomic E-state index is 11.7. The lowest BCUT2D eigenvalue weighted by molar-refractivity contribution is -0.123. The number of rotatable bonds is 7. The highest BCUT2D eigenvalue weighted by Crippen LogP contribution is 2.18. The fourth-order valence-electron chi connectivity index (χ4n) is 1.98. The Morgan fingerprint density at radius 1 is 1.14 bits per heavy atom. The number of phenols is 1. The average molecular weight is 301 g/mol. The predicted molar refractivity (Wildman–Crippen MR) is 82.7 cm³/mol. The van der Waals surface area contributed by atoms with Gasteiger partial charge in [0.15, 0.2) is 6.61 Å². The van der Waals surface area contributed by atoms with Gasteiger partial charge in [-0.05, 0) is 36.2 Å². The van der Waals surface area contributed by atoms with Crippen molar-refractivity contribution in [2.45, 2.75) is 13.0 Å². The number of ether oxygens (including phenoxy) is 1. The maximum Gasteiger partial charge on any atom is 0.257 e. The molecule has 0 saturated carbocycles. The second kappa shape index (κ2) is 8.05. The highest BCUT2D eigenvalue weighted by molar-refractivity contribution is 5.77. The number of nitrogens with one attached hydrogen (secondary N) is 1. The van der Waals surface area contributed by atoms with Gasteiger partial charge in [-0.2, -0.15) is 0 Å². The van der Waals surface area contributed by atoms with Crippen LogP contribution in [0.15, 0.2) is 48.5 Å². The number of carbonyl (C=O) groups is 1. The monoisotopic (exact) mass is 301 g/mol. The molecular weight excluding hydrogens is 282 g/mol. The molecule has 0 spiro atoms. The van der Waals surface area contributed by atoms with Crippen molar-refractivity contribution in [1.29, 1.82) is 0 Å². The highest BCUT2D eigenvalue weighted by atomic mass is 16.5. The van der Waals surface area contributed by atoms with Gasteiger partial charge in [0, 0.05) is 12.1 Å². The molecule has 1 amide bonds. The van der Waals surface area contributed by atoms with E-state index in [9.17, 15) is 9.90 Å². The zero-order valence-corrected chi connectivity index (χ0v) is 12.2. The van der Waals surface area contributed by atoms with E-state index in [0.29, 0.717) is 24.3 Å². The summed E-state index contributed by atoms with van der Waals surface area (Å²) in [4.78, 5) is 11.7. The molecule has 116 valence electrons. The summed E-state index contributed by atoms with van der Waals surface area (Å²) in [5, 5.41) is 21.3. The van der Waals surface area contributed by atoms with Crippen LogP contribution >= 0.6 is 0 Å². The molecule has 2 aromatic carbocycles. The first-order valence-corrected chi connectivity index (χ1v) is 7.05. The first kappa shape index (κ1) is 15.9. The van der Waals surface area contributed by atoms with Gasteiger partial charge < -0.3 is 20.3 Å². The minimum atomic E-state index is -0.211. The van der Waals surface area contributed by atoms with Gasteiger partial charge >= 0.3 is 0 Å². The Kier molecular flexibility index (Phi) is 5.80. The minimum absolute atomic E-state index is 0.0263. The SMILES string of the molecule is O=C(COc1ccccc1)NCCc1ccc(O)c(CO)c1. The van der Waals surface area contributed by atoms with E-state index >= 15 is 0 Å². The van der Waals surface area contributed by atoms with E-state index in [0.717, 1.165) is 5.56 Å². The summed E-state index contributed by atoms with van der Waals surface area (Å²) in [5.74, 6) is 0.542. The molecular formula is C17H19NO4. The van der Waals surface area contributed by atoms with Gasteiger partial charge in [-0.25, -0.2) is 0 Å². The molecule has 5 nitrogen and oxygen atoms in total. The first-order valence-electron chi connectivity index (χ1n) is 7.05. The van der Waals surface area contributed by atoms with Crippen molar-refractivity contribution in [3.8, 4) is 11.5 Å². The molecule has 2 aromatic rings. The third kappa shape index (κ3) is 4.79. The Hall–Kier alpha value is -2.53. The lowest BCUT2D eigenvalue weighted by atomic mass is 10.1. The first-order chi connectivity index (χ1) is 10.7. The summed E-state index contributed by atoms with van der Waals surface area (Å²) in [6, 6.07) is 14.2. The number of aliphatic hydroxyl groups excluding tert-OH is 1. The molecule has 0 fully saturated rings. The lowest BCUT2D eigenvalue weighted by Gasteiger charge is -2.08. The van der Waals surface area contributed by atoms with Crippen molar-refractivity contribution in [2.75, 3.05) is 13.2 Å². The molecule has 0 heterocycles. The van der Waals surface area contributed by atoms with Crippen LogP contribution < -0.4 is 10.1 Å². The van der Waals surface area contributed by atoms with Crippen molar-refractivity contribution in [2.24, 2.45) is 0 Å². The Morgan fingerprint density at radius 2 is 1.91 bits per heavy atom. The number of carbonyl (C=O) groups excluding carboxylic acids is 1. The minimum Gasteiger partial charge on any atom is -0.508 e. The van der Waals surface area contributed by atoms with Gasteiger partial charge in [0.2, 0.25) is 0 Å². The molecule has 0 unspecified atom stereocenters. The molecule has 22 heavy (non-hydrogen) atoms. The van der Waals surface area contributed by atoms with Crippen LogP contribution in [-0.2, 0) is 17.8 Å². The number of aliphatic hydroxyl groups is 1. The molecule has 0 radical (unpaired) electrons. The fraction of sp³-hybridized carbons (Fsp3) is 0.235. The third-order valence-electron chi connectivity index (χ3n) is 3.16. The topological polar surface area (TPSA) is 78.8 Å². The van der Waals surface area contributed by atoms with Crippen LogP contribution in [0.25, 0.3) is 0 Å². The molecule has 2 rings (SSSR count).